The van der Waals surface area contributed by atoms with Crippen molar-refractivity contribution in [2.75, 3.05) is 0 Å². The lowest BCUT2D eigenvalue weighted by atomic mass is 10.0. The number of nitrogens with zero attached hydrogens (tertiary/aromatic N) is 2. The quantitative estimate of drug-likeness (QED) is 0.414. The van der Waals surface area contributed by atoms with E-state index in [0.29, 0.717) is 0 Å². The van der Waals surface area contributed by atoms with Gasteiger partial charge in [0.2, 0.25) is 0 Å². The van der Waals surface area contributed by atoms with Gasteiger partial charge in [-0.1, -0.05) is 52.6 Å². The summed E-state index contributed by atoms with van der Waals surface area (Å²) in [6, 6.07) is 26.2. The predicted octanol–water partition coefficient (Wildman–Crippen LogP) is 6.51. The molecular weight excluding hydrogens is 340 g/mol. The SMILES string of the molecule is Cc1cc(C)cc(-c2cc(-c3cc(C)cc(C)c3)nc(-c3c[c]ccc3)n2)c1. The highest BCUT2D eigenvalue weighted by molar-refractivity contribution is 5.72. The van der Waals surface area contributed by atoms with E-state index in [1.165, 1.54) is 22.3 Å². The largest absolute Gasteiger partial charge is 0.228 e. The summed E-state index contributed by atoms with van der Waals surface area (Å²) in [5.41, 5.74) is 10.0. The van der Waals surface area contributed by atoms with Crippen molar-refractivity contribution < 1.29 is 0 Å². The summed E-state index contributed by atoms with van der Waals surface area (Å²) in [6.07, 6.45) is 0. The van der Waals surface area contributed by atoms with Crippen LogP contribution in [0.3, 0.4) is 0 Å². The summed E-state index contributed by atoms with van der Waals surface area (Å²) in [5, 5.41) is 0. The van der Waals surface area contributed by atoms with E-state index < -0.39 is 0 Å². The fraction of sp³-hybridized carbons (Fsp3) is 0.154. The Bertz CT molecular complexity index is 1030. The van der Waals surface area contributed by atoms with E-state index in [1.807, 2.05) is 24.3 Å². The first-order valence-corrected chi connectivity index (χ1v) is 9.51. The second kappa shape index (κ2) is 7.40. The molecule has 0 aliphatic heterocycles. The summed E-state index contributed by atoms with van der Waals surface area (Å²) in [6.45, 7) is 8.48. The van der Waals surface area contributed by atoms with Gasteiger partial charge in [-0.05, 0) is 70.2 Å². The predicted molar refractivity (Wildman–Crippen MR) is 116 cm³/mol. The van der Waals surface area contributed by atoms with Crippen molar-refractivity contribution in [3.8, 4) is 33.9 Å². The molecule has 0 spiro atoms. The van der Waals surface area contributed by atoms with Crippen molar-refractivity contribution in [3.05, 3.63) is 95.1 Å². The molecule has 28 heavy (non-hydrogen) atoms. The molecule has 137 valence electrons. The van der Waals surface area contributed by atoms with E-state index in [0.717, 1.165) is 33.9 Å². The van der Waals surface area contributed by atoms with Crippen LogP contribution in [-0.4, -0.2) is 9.97 Å². The summed E-state index contributed by atoms with van der Waals surface area (Å²) in [4.78, 5) is 9.79. The third kappa shape index (κ3) is 3.86. The van der Waals surface area contributed by atoms with Gasteiger partial charge < -0.3 is 0 Å². The van der Waals surface area contributed by atoms with Crippen molar-refractivity contribution in [3.63, 3.8) is 0 Å². The molecule has 0 aliphatic rings. The molecule has 0 fully saturated rings. The van der Waals surface area contributed by atoms with Crippen molar-refractivity contribution in [1.82, 2.24) is 9.97 Å². The fourth-order valence-electron chi connectivity index (χ4n) is 3.65. The Kier molecular flexibility index (Phi) is 4.79. The third-order valence-electron chi connectivity index (χ3n) is 4.73. The molecule has 0 atom stereocenters. The van der Waals surface area contributed by atoms with Crippen LogP contribution < -0.4 is 0 Å². The van der Waals surface area contributed by atoms with E-state index >= 15 is 0 Å². The van der Waals surface area contributed by atoms with Crippen molar-refractivity contribution in [1.29, 1.82) is 0 Å². The van der Waals surface area contributed by atoms with E-state index in [-0.39, 0.29) is 0 Å². The van der Waals surface area contributed by atoms with E-state index in [1.54, 1.807) is 0 Å². The van der Waals surface area contributed by atoms with Crippen LogP contribution in [0.1, 0.15) is 22.3 Å². The van der Waals surface area contributed by atoms with Crippen molar-refractivity contribution in [2.24, 2.45) is 0 Å². The molecule has 2 nitrogen and oxygen atoms in total. The Morgan fingerprint density at radius 3 is 1.54 bits per heavy atom. The lowest BCUT2D eigenvalue weighted by Gasteiger charge is -2.11. The third-order valence-corrected chi connectivity index (χ3v) is 4.73. The second-order valence-electron chi connectivity index (χ2n) is 7.51. The first kappa shape index (κ1) is 18.1. The maximum Gasteiger partial charge on any atom is 0.160 e. The average Bonchev–Trinajstić information content (AvgIpc) is 2.67. The number of aromatic nitrogens is 2. The maximum atomic E-state index is 4.90. The number of rotatable bonds is 3. The molecular formula is C26H23N2. The van der Waals surface area contributed by atoms with Crippen LogP contribution in [0, 0.1) is 33.8 Å². The van der Waals surface area contributed by atoms with Crippen molar-refractivity contribution in [2.45, 2.75) is 27.7 Å². The smallest absolute Gasteiger partial charge is 0.160 e. The summed E-state index contributed by atoms with van der Waals surface area (Å²) in [7, 11) is 0. The number of aryl methyl sites for hydroxylation is 4. The standard InChI is InChI=1S/C26H23N2/c1-17-10-18(2)13-22(12-17)24-16-25(23-14-19(3)11-20(4)15-23)28-26(27-24)21-8-6-5-7-9-21/h5-6,8-16H,1-4H3. The van der Waals surface area contributed by atoms with Gasteiger partial charge in [0, 0.05) is 16.7 Å². The van der Waals surface area contributed by atoms with Gasteiger partial charge in [0.25, 0.3) is 0 Å². The zero-order chi connectivity index (χ0) is 19.7. The van der Waals surface area contributed by atoms with Gasteiger partial charge in [-0.25, -0.2) is 9.97 Å². The van der Waals surface area contributed by atoms with Crippen LogP contribution in [0.5, 0.6) is 0 Å². The van der Waals surface area contributed by atoms with Crippen LogP contribution in [-0.2, 0) is 0 Å². The molecule has 0 N–H and O–H groups in total. The maximum absolute atomic E-state index is 4.90. The highest BCUT2D eigenvalue weighted by Gasteiger charge is 2.11. The summed E-state index contributed by atoms with van der Waals surface area (Å²) >= 11 is 0. The van der Waals surface area contributed by atoms with Crippen LogP contribution in [0.2, 0.25) is 0 Å². The van der Waals surface area contributed by atoms with Crippen LogP contribution in [0.15, 0.2) is 66.7 Å². The number of hydrogen-bond donors (Lipinski definition) is 0. The first-order chi connectivity index (χ1) is 13.5. The molecule has 1 aromatic heterocycles. The highest BCUT2D eigenvalue weighted by Crippen LogP contribution is 2.29. The topological polar surface area (TPSA) is 25.8 Å². The minimum Gasteiger partial charge on any atom is -0.228 e. The Hall–Kier alpha value is -3.26. The second-order valence-corrected chi connectivity index (χ2v) is 7.51. The Labute approximate surface area is 167 Å². The van der Waals surface area contributed by atoms with Crippen molar-refractivity contribution >= 4 is 0 Å². The van der Waals surface area contributed by atoms with Gasteiger partial charge in [0.15, 0.2) is 5.82 Å². The van der Waals surface area contributed by atoms with Gasteiger partial charge in [0.05, 0.1) is 11.4 Å². The zero-order valence-electron chi connectivity index (χ0n) is 16.7. The number of benzene rings is 3. The Morgan fingerprint density at radius 2 is 1.11 bits per heavy atom. The lowest BCUT2D eigenvalue weighted by molar-refractivity contribution is 1.18. The van der Waals surface area contributed by atoms with E-state index in [4.69, 9.17) is 9.97 Å². The van der Waals surface area contributed by atoms with E-state index in [2.05, 4.69) is 76.2 Å². The normalized spacial score (nSPS) is 10.9. The van der Waals surface area contributed by atoms with Crippen LogP contribution >= 0.6 is 0 Å². The minimum atomic E-state index is 0.725. The highest BCUT2D eigenvalue weighted by atomic mass is 14.9. The van der Waals surface area contributed by atoms with Crippen LogP contribution in [0.4, 0.5) is 0 Å². The molecule has 0 saturated heterocycles. The van der Waals surface area contributed by atoms with Gasteiger partial charge in [-0.15, -0.1) is 0 Å². The summed E-state index contributed by atoms with van der Waals surface area (Å²) in [5.74, 6) is 0.725. The molecule has 0 bridgehead atoms. The zero-order valence-corrected chi connectivity index (χ0v) is 16.7. The monoisotopic (exact) mass is 363 g/mol. The van der Waals surface area contributed by atoms with Gasteiger partial charge >= 0.3 is 0 Å². The minimum absolute atomic E-state index is 0.725. The van der Waals surface area contributed by atoms with Crippen LogP contribution in [0.25, 0.3) is 33.9 Å². The summed E-state index contributed by atoms with van der Waals surface area (Å²) < 4.78 is 0. The molecule has 0 aliphatic carbocycles. The first-order valence-electron chi connectivity index (χ1n) is 9.51. The molecule has 2 heteroatoms. The molecule has 4 aromatic rings. The average molecular weight is 363 g/mol. The van der Waals surface area contributed by atoms with Gasteiger partial charge in [-0.2, -0.15) is 0 Å². The number of hydrogen-bond acceptors (Lipinski definition) is 2. The fourth-order valence-corrected chi connectivity index (χ4v) is 3.65. The molecule has 1 radical (unpaired) electrons. The van der Waals surface area contributed by atoms with Gasteiger partial charge in [0.1, 0.15) is 0 Å². The van der Waals surface area contributed by atoms with E-state index in [9.17, 15) is 0 Å². The Morgan fingerprint density at radius 1 is 0.607 bits per heavy atom. The molecule has 0 amide bonds. The Balaban J connectivity index is 1.95. The van der Waals surface area contributed by atoms with Gasteiger partial charge in [-0.3, -0.25) is 0 Å². The lowest BCUT2D eigenvalue weighted by Crippen LogP contribution is -1.97. The molecule has 3 aromatic carbocycles. The molecule has 4 rings (SSSR count). The molecule has 0 unspecified atom stereocenters. The molecule has 1 heterocycles. The molecule has 0 saturated carbocycles.